The fourth-order valence-electron chi connectivity index (χ4n) is 3.20. The lowest BCUT2D eigenvalue weighted by Gasteiger charge is -2.23. The average molecular weight is 397 g/mol. The van der Waals surface area contributed by atoms with E-state index in [4.69, 9.17) is 16.3 Å². The molecular weight excluding hydrogens is 376 g/mol. The quantitative estimate of drug-likeness (QED) is 0.713. The highest BCUT2D eigenvalue weighted by Crippen LogP contribution is 2.18. The Bertz CT molecular complexity index is 998. The van der Waals surface area contributed by atoms with Crippen LogP contribution in [0.5, 0.6) is 0 Å². The molecule has 7 heteroatoms. The van der Waals surface area contributed by atoms with Gasteiger partial charge >= 0.3 is 0 Å². The molecule has 0 atom stereocenters. The summed E-state index contributed by atoms with van der Waals surface area (Å²) >= 11 is 5.92. The summed E-state index contributed by atoms with van der Waals surface area (Å²) < 4.78 is 7.04. The van der Waals surface area contributed by atoms with E-state index in [0.29, 0.717) is 23.6 Å². The first-order valence-electron chi connectivity index (χ1n) is 9.30. The van der Waals surface area contributed by atoms with E-state index in [1.54, 1.807) is 23.0 Å². The molecule has 1 fully saturated rings. The fourth-order valence-corrected chi connectivity index (χ4v) is 3.32. The smallest absolute Gasteiger partial charge is 0.251 e. The molecule has 2 aromatic heterocycles. The molecule has 3 aromatic rings. The molecule has 6 nitrogen and oxygen atoms in total. The molecule has 1 aliphatic heterocycles. The zero-order valence-corrected chi connectivity index (χ0v) is 16.1. The van der Waals surface area contributed by atoms with Crippen LogP contribution in [0.15, 0.2) is 59.7 Å². The molecule has 28 heavy (non-hydrogen) atoms. The van der Waals surface area contributed by atoms with Crippen molar-refractivity contribution in [2.75, 3.05) is 18.5 Å². The Morgan fingerprint density at radius 1 is 1.14 bits per heavy atom. The van der Waals surface area contributed by atoms with Crippen LogP contribution in [0.2, 0.25) is 5.02 Å². The second-order valence-corrected chi connectivity index (χ2v) is 7.24. The maximum absolute atomic E-state index is 12.6. The van der Waals surface area contributed by atoms with Crippen molar-refractivity contribution in [1.29, 1.82) is 0 Å². The maximum atomic E-state index is 12.6. The van der Waals surface area contributed by atoms with Crippen molar-refractivity contribution in [2.45, 2.75) is 25.4 Å². The number of aromatic nitrogens is 3. The Morgan fingerprint density at radius 2 is 1.93 bits per heavy atom. The Morgan fingerprint density at radius 3 is 2.68 bits per heavy atom. The van der Waals surface area contributed by atoms with Gasteiger partial charge in [-0.3, -0.25) is 4.79 Å². The molecule has 0 bridgehead atoms. The Hall–Kier alpha value is -2.70. The molecule has 0 amide bonds. The molecule has 4 rings (SSSR count). The van der Waals surface area contributed by atoms with Gasteiger partial charge in [0, 0.05) is 48.3 Å². The van der Waals surface area contributed by atoms with Crippen molar-refractivity contribution in [3.8, 4) is 11.3 Å². The van der Waals surface area contributed by atoms with Crippen molar-refractivity contribution in [3.63, 3.8) is 0 Å². The Labute approximate surface area is 168 Å². The molecule has 1 aromatic carbocycles. The zero-order valence-electron chi connectivity index (χ0n) is 15.3. The lowest BCUT2D eigenvalue weighted by Crippen LogP contribution is -2.28. The molecule has 1 aliphatic rings. The normalized spacial score (nSPS) is 14.8. The highest BCUT2D eigenvalue weighted by Gasteiger charge is 2.15. The first kappa shape index (κ1) is 18.7. The number of rotatable bonds is 5. The molecule has 1 N–H and O–H groups in total. The van der Waals surface area contributed by atoms with Crippen LogP contribution >= 0.6 is 11.6 Å². The van der Waals surface area contributed by atoms with Crippen molar-refractivity contribution >= 4 is 17.5 Å². The molecule has 0 saturated carbocycles. The van der Waals surface area contributed by atoms with Crippen LogP contribution in [0.25, 0.3) is 11.3 Å². The van der Waals surface area contributed by atoms with E-state index >= 15 is 0 Å². The van der Waals surface area contributed by atoms with E-state index < -0.39 is 0 Å². The zero-order chi connectivity index (χ0) is 19.3. The third-order valence-electron chi connectivity index (χ3n) is 4.77. The summed E-state index contributed by atoms with van der Waals surface area (Å²) in [7, 11) is 0. The predicted octanol–water partition coefficient (Wildman–Crippen LogP) is 3.60. The maximum Gasteiger partial charge on any atom is 0.251 e. The number of pyridine rings is 1. The number of halogens is 1. The molecule has 0 aliphatic carbocycles. The van der Waals surface area contributed by atoms with Crippen molar-refractivity contribution in [3.05, 3.63) is 75.8 Å². The minimum atomic E-state index is -0.0787. The van der Waals surface area contributed by atoms with E-state index in [-0.39, 0.29) is 5.56 Å². The number of hydrogen-bond acceptors (Lipinski definition) is 5. The Kier molecular flexibility index (Phi) is 5.69. The molecular formula is C21H21ClN4O2. The number of hydrogen-bond donors (Lipinski definition) is 1. The standard InChI is InChI=1S/C21H21ClN4O2/c22-17-3-1-15(2-4-17)14-26-10-6-16(13-20(26)27)19-5-9-23-21(25-19)24-18-7-11-28-12-8-18/h1-6,9-10,13,18H,7-8,11-12,14H2,(H,23,24,25). The van der Waals surface area contributed by atoms with Crippen LogP contribution in [0.1, 0.15) is 18.4 Å². The van der Waals surface area contributed by atoms with Crippen molar-refractivity contribution in [2.24, 2.45) is 0 Å². The van der Waals surface area contributed by atoms with Gasteiger partial charge in [-0.1, -0.05) is 23.7 Å². The first-order valence-corrected chi connectivity index (χ1v) is 9.68. The number of anilines is 1. The second-order valence-electron chi connectivity index (χ2n) is 6.80. The molecule has 0 unspecified atom stereocenters. The Balaban J connectivity index is 1.51. The van der Waals surface area contributed by atoms with Gasteiger partial charge in [0.05, 0.1) is 12.2 Å². The summed E-state index contributed by atoms with van der Waals surface area (Å²) in [6, 6.07) is 13.1. The van der Waals surface area contributed by atoms with Gasteiger partial charge in [-0.15, -0.1) is 0 Å². The summed E-state index contributed by atoms with van der Waals surface area (Å²) in [5.41, 5.74) is 2.43. The highest BCUT2D eigenvalue weighted by molar-refractivity contribution is 6.30. The van der Waals surface area contributed by atoms with E-state index in [1.165, 1.54) is 0 Å². The minimum Gasteiger partial charge on any atom is -0.381 e. The summed E-state index contributed by atoms with van der Waals surface area (Å²) in [4.78, 5) is 21.4. The van der Waals surface area contributed by atoms with E-state index in [2.05, 4.69) is 15.3 Å². The molecule has 1 saturated heterocycles. The van der Waals surface area contributed by atoms with Crippen LogP contribution in [0.3, 0.4) is 0 Å². The predicted molar refractivity (Wildman–Crippen MR) is 110 cm³/mol. The second kappa shape index (κ2) is 8.54. The number of nitrogens with one attached hydrogen (secondary N) is 1. The SMILES string of the molecule is O=c1cc(-c2ccnc(NC3CCOCC3)n2)ccn1Cc1ccc(Cl)cc1. The third-order valence-corrected chi connectivity index (χ3v) is 5.02. The van der Waals surface area contributed by atoms with Crippen LogP contribution in [0, 0.1) is 0 Å². The summed E-state index contributed by atoms with van der Waals surface area (Å²) in [5.74, 6) is 0.578. The van der Waals surface area contributed by atoms with Crippen molar-refractivity contribution < 1.29 is 4.74 Å². The third kappa shape index (κ3) is 4.58. The van der Waals surface area contributed by atoms with Gasteiger partial charge in [0.1, 0.15) is 0 Å². The van der Waals surface area contributed by atoms with Gasteiger partial charge in [-0.25, -0.2) is 9.97 Å². The van der Waals surface area contributed by atoms with Gasteiger partial charge in [0.25, 0.3) is 5.56 Å². The van der Waals surface area contributed by atoms with E-state index in [0.717, 1.165) is 42.9 Å². The minimum absolute atomic E-state index is 0.0787. The van der Waals surface area contributed by atoms with Crippen LogP contribution in [0.4, 0.5) is 5.95 Å². The number of ether oxygens (including phenoxy) is 1. The highest BCUT2D eigenvalue weighted by atomic mass is 35.5. The lowest BCUT2D eigenvalue weighted by molar-refractivity contribution is 0.0903. The van der Waals surface area contributed by atoms with Crippen molar-refractivity contribution in [1.82, 2.24) is 14.5 Å². The van der Waals surface area contributed by atoms with Gasteiger partial charge in [0.15, 0.2) is 0 Å². The van der Waals surface area contributed by atoms with Crippen LogP contribution < -0.4 is 10.9 Å². The van der Waals surface area contributed by atoms with E-state index in [9.17, 15) is 4.79 Å². The van der Waals surface area contributed by atoms with E-state index in [1.807, 2.05) is 36.4 Å². The molecule has 0 spiro atoms. The van der Waals surface area contributed by atoms with Crippen LogP contribution in [-0.4, -0.2) is 33.8 Å². The van der Waals surface area contributed by atoms with Gasteiger partial charge < -0.3 is 14.6 Å². The van der Waals surface area contributed by atoms with Gasteiger partial charge in [0.2, 0.25) is 5.95 Å². The van der Waals surface area contributed by atoms with Crippen LogP contribution in [-0.2, 0) is 11.3 Å². The summed E-state index contributed by atoms with van der Waals surface area (Å²) in [5, 5.41) is 4.04. The summed E-state index contributed by atoms with van der Waals surface area (Å²) in [6.07, 6.45) is 5.38. The molecule has 0 radical (unpaired) electrons. The number of benzene rings is 1. The largest absolute Gasteiger partial charge is 0.381 e. The topological polar surface area (TPSA) is 69.0 Å². The molecule has 3 heterocycles. The average Bonchev–Trinajstić information content (AvgIpc) is 2.72. The van der Waals surface area contributed by atoms with Gasteiger partial charge in [-0.05, 0) is 42.7 Å². The first-order chi connectivity index (χ1) is 13.7. The summed E-state index contributed by atoms with van der Waals surface area (Å²) in [6.45, 7) is 2.00. The monoisotopic (exact) mass is 396 g/mol. The fraction of sp³-hybridized carbons (Fsp3) is 0.286. The number of nitrogens with zero attached hydrogens (tertiary/aromatic N) is 3. The molecule has 144 valence electrons. The van der Waals surface area contributed by atoms with Gasteiger partial charge in [-0.2, -0.15) is 0 Å². The lowest BCUT2D eigenvalue weighted by atomic mass is 10.1.